The highest BCUT2D eigenvalue weighted by atomic mass is 15.0. The van der Waals surface area contributed by atoms with Gasteiger partial charge in [-0.1, -0.05) is 188 Å². The Balaban J connectivity index is 1.23. The molecule has 0 amide bonds. The zero-order valence-corrected chi connectivity index (χ0v) is 30.0. The Bertz CT molecular complexity index is 3180. The summed E-state index contributed by atoms with van der Waals surface area (Å²) in [5.74, 6) is 0. The fourth-order valence-corrected chi connectivity index (χ4v) is 11.4. The van der Waals surface area contributed by atoms with Gasteiger partial charge in [-0.05, 0) is 78.7 Å². The zero-order valence-electron chi connectivity index (χ0n) is 30.0. The van der Waals surface area contributed by atoms with Crippen LogP contribution in [0.2, 0.25) is 0 Å². The van der Waals surface area contributed by atoms with Crippen LogP contribution >= 0.6 is 0 Å². The van der Waals surface area contributed by atoms with Crippen molar-refractivity contribution in [3.05, 3.63) is 245 Å². The van der Waals surface area contributed by atoms with Gasteiger partial charge in [0.25, 0.3) is 0 Å². The summed E-state index contributed by atoms with van der Waals surface area (Å²) in [5.41, 5.74) is 18.9. The number of aromatic nitrogens is 1. The summed E-state index contributed by atoms with van der Waals surface area (Å²) in [5, 5.41) is 5.05. The maximum Gasteiger partial charge on any atom is 0.0720 e. The summed E-state index contributed by atoms with van der Waals surface area (Å²) < 4.78 is 2.56. The second-order valence-corrected chi connectivity index (χ2v) is 15.5. The van der Waals surface area contributed by atoms with E-state index in [2.05, 4.69) is 205 Å². The highest BCUT2D eigenvalue weighted by Crippen LogP contribution is 2.68. The van der Waals surface area contributed by atoms with Gasteiger partial charge in [0, 0.05) is 21.7 Å². The first-order chi connectivity index (χ1) is 27.3. The molecule has 1 nitrogen and oxygen atoms in total. The van der Waals surface area contributed by atoms with Crippen molar-refractivity contribution >= 4 is 32.6 Å². The fraction of sp³-hybridized carbons (Fsp3) is 0.0370. The standard InChI is InChI=1S/C54H33N/c1-2-18-35-34(16-1)17-15-31-49(35)55-50-30-14-6-21-38(50)39-32-33-48-51(52(39)55)40-22-5-9-25-43(40)54(48)46-28-12-10-26-44(46)53(45-27-11-13-29-47(45)54)41-23-7-3-19-36(41)37-20-4-8-24-42(37)53/h1-33H. The van der Waals surface area contributed by atoms with Crippen molar-refractivity contribution < 1.29 is 0 Å². The van der Waals surface area contributed by atoms with Gasteiger partial charge in [-0.15, -0.1) is 0 Å². The van der Waals surface area contributed by atoms with Crippen molar-refractivity contribution in [3.8, 4) is 27.9 Å². The number of para-hydroxylation sites is 1. The van der Waals surface area contributed by atoms with Crippen LogP contribution in [-0.2, 0) is 10.8 Å². The molecule has 0 bridgehead atoms. The van der Waals surface area contributed by atoms with Crippen LogP contribution in [-0.4, -0.2) is 4.57 Å². The number of hydrogen-bond acceptors (Lipinski definition) is 0. The molecule has 13 rings (SSSR count). The number of rotatable bonds is 1. The van der Waals surface area contributed by atoms with Crippen molar-refractivity contribution in [3.63, 3.8) is 0 Å². The molecule has 0 fully saturated rings. The molecule has 3 aliphatic carbocycles. The molecule has 0 atom stereocenters. The van der Waals surface area contributed by atoms with Crippen LogP contribution in [0.1, 0.15) is 44.5 Å². The van der Waals surface area contributed by atoms with E-state index in [1.807, 2.05) is 0 Å². The number of hydrogen-bond donors (Lipinski definition) is 0. The second-order valence-electron chi connectivity index (χ2n) is 15.5. The van der Waals surface area contributed by atoms with E-state index in [4.69, 9.17) is 0 Å². The topological polar surface area (TPSA) is 4.93 Å². The number of fused-ring (bicyclic) bond motifs is 21. The Morgan fingerprint density at radius 3 is 1.38 bits per heavy atom. The molecule has 0 unspecified atom stereocenters. The van der Waals surface area contributed by atoms with Crippen LogP contribution in [0.15, 0.2) is 200 Å². The van der Waals surface area contributed by atoms with Crippen molar-refractivity contribution in [1.29, 1.82) is 0 Å². The van der Waals surface area contributed by atoms with Crippen LogP contribution in [0, 0.1) is 0 Å². The molecular formula is C54H33N. The molecule has 1 heterocycles. The van der Waals surface area contributed by atoms with E-state index in [9.17, 15) is 0 Å². The van der Waals surface area contributed by atoms with E-state index >= 15 is 0 Å². The van der Waals surface area contributed by atoms with Crippen LogP contribution in [0.5, 0.6) is 0 Å². The summed E-state index contributed by atoms with van der Waals surface area (Å²) in [6.07, 6.45) is 0. The van der Waals surface area contributed by atoms with Gasteiger partial charge in [-0.2, -0.15) is 0 Å². The predicted molar refractivity (Wildman–Crippen MR) is 226 cm³/mol. The molecule has 2 spiro atoms. The summed E-state index contributed by atoms with van der Waals surface area (Å²) in [4.78, 5) is 0. The van der Waals surface area contributed by atoms with Crippen LogP contribution in [0.25, 0.3) is 60.5 Å². The Kier molecular flexibility index (Phi) is 5.56. The minimum atomic E-state index is -0.537. The van der Waals surface area contributed by atoms with E-state index in [0.29, 0.717) is 0 Å². The lowest BCUT2D eigenvalue weighted by Gasteiger charge is -2.48. The quantitative estimate of drug-likeness (QED) is 0.161. The number of benzene rings is 9. The maximum absolute atomic E-state index is 2.56. The minimum absolute atomic E-state index is 0.453. The number of nitrogens with zero attached hydrogens (tertiary/aromatic N) is 1. The van der Waals surface area contributed by atoms with Crippen molar-refractivity contribution in [2.24, 2.45) is 0 Å². The van der Waals surface area contributed by atoms with Gasteiger partial charge < -0.3 is 4.57 Å². The van der Waals surface area contributed by atoms with E-state index in [0.717, 1.165) is 0 Å². The summed E-state index contributed by atoms with van der Waals surface area (Å²) >= 11 is 0. The first kappa shape index (κ1) is 29.5. The Hall–Kier alpha value is -6.96. The smallest absolute Gasteiger partial charge is 0.0720 e. The normalized spacial score (nSPS) is 14.8. The molecule has 0 radical (unpaired) electrons. The molecule has 0 saturated heterocycles. The van der Waals surface area contributed by atoms with Gasteiger partial charge >= 0.3 is 0 Å². The summed E-state index contributed by atoms with van der Waals surface area (Å²) in [6.45, 7) is 0. The lowest BCUT2D eigenvalue weighted by Crippen LogP contribution is -2.43. The highest BCUT2D eigenvalue weighted by Gasteiger charge is 2.59. The summed E-state index contributed by atoms with van der Waals surface area (Å²) in [7, 11) is 0. The highest BCUT2D eigenvalue weighted by molar-refractivity contribution is 6.17. The third kappa shape index (κ3) is 3.34. The van der Waals surface area contributed by atoms with Gasteiger partial charge in [-0.25, -0.2) is 0 Å². The molecule has 1 aromatic heterocycles. The van der Waals surface area contributed by atoms with Crippen molar-refractivity contribution in [2.75, 3.05) is 0 Å². The Morgan fingerprint density at radius 1 is 0.291 bits per heavy atom. The molecule has 55 heavy (non-hydrogen) atoms. The predicted octanol–water partition coefficient (Wildman–Crippen LogP) is 13.0. The third-order valence-electron chi connectivity index (χ3n) is 13.3. The fourth-order valence-electron chi connectivity index (χ4n) is 11.4. The lowest BCUT2D eigenvalue weighted by atomic mass is 9.52. The largest absolute Gasteiger partial charge is 0.308 e. The third-order valence-corrected chi connectivity index (χ3v) is 13.3. The van der Waals surface area contributed by atoms with Gasteiger partial charge in [0.2, 0.25) is 0 Å². The van der Waals surface area contributed by atoms with Gasteiger partial charge in [0.15, 0.2) is 0 Å². The monoisotopic (exact) mass is 695 g/mol. The van der Waals surface area contributed by atoms with E-state index < -0.39 is 10.8 Å². The van der Waals surface area contributed by atoms with E-state index in [-0.39, 0.29) is 0 Å². The van der Waals surface area contributed by atoms with Gasteiger partial charge in [0.05, 0.1) is 27.6 Å². The average Bonchev–Trinajstić information content (AvgIpc) is 3.86. The van der Waals surface area contributed by atoms with Crippen LogP contribution in [0.4, 0.5) is 0 Å². The van der Waals surface area contributed by atoms with E-state index in [1.54, 1.807) is 0 Å². The SMILES string of the molecule is c1ccc2c(c1)-c1ccccc1C21c2ccccc2C2(c3ccccc3-c3c2ccc2c4ccccc4n(-c4cccc5ccccc45)c32)c2ccccc21. The van der Waals surface area contributed by atoms with Crippen LogP contribution < -0.4 is 0 Å². The lowest BCUT2D eigenvalue weighted by molar-refractivity contribution is 0.633. The molecule has 0 saturated carbocycles. The molecule has 254 valence electrons. The summed E-state index contributed by atoms with van der Waals surface area (Å²) in [6, 6.07) is 75.7. The van der Waals surface area contributed by atoms with Crippen LogP contribution in [0.3, 0.4) is 0 Å². The maximum atomic E-state index is 2.56. The van der Waals surface area contributed by atoms with Crippen molar-refractivity contribution in [2.45, 2.75) is 10.8 Å². The second kappa shape index (κ2) is 10.4. The Morgan fingerprint density at radius 2 is 0.745 bits per heavy atom. The zero-order chi connectivity index (χ0) is 35.9. The molecule has 9 aromatic carbocycles. The first-order valence-corrected chi connectivity index (χ1v) is 19.4. The average molecular weight is 696 g/mol. The first-order valence-electron chi connectivity index (χ1n) is 19.4. The minimum Gasteiger partial charge on any atom is -0.308 e. The van der Waals surface area contributed by atoms with Gasteiger partial charge in [-0.3, -0.25) is 0 Å². The van der Waals surface area contributed by atoms with Crippen molar-refractivity contribution in [1.82, 2.24) is 4.57 Å². The molecule has 0 N–H and O–H groups in total. The Labute approximate surface area is 319 Å². The molecule has 3 aliphatic rings. The molecule has 10 aromatic rings. The molecule has 1 heteroatoms. The van der Waals surface area contributed by atoms with E-state index in [1.165, 1.54) is 105 Å². The van der Waals surface area contributed by atoms with Gasteiger partial charge in [0.1, 0.15) is 0 Å². The molecular weight excluding hydrogens is 663 g/mol. The molecule has 0 aliphatic heterocycles.